The Morgan fingerprint density at radius 3 is 2.57 bits per heavy atom. The number of hydrogen-bond donors (Lipinski definition) is 2. The Morgan fingerprint density at radius 1 is 1.18 bits per heavy atom. The molecule has 0 amide bonds. The number of aromatic nitrogens is 2. The molecule has 0 fully saturated rings. The van der Waals surface area contributed by atoms with Gasteiger partial charge in [-0.2, -0.15) is 0 Å². The van der Waals surface area contributed by atoms with Crippen LogP contribution in [-0.4, -0.2) is 34.5 Å². The molecule has 9 heteroatoms. The minimum absolute atomic E-state index is 0.241. The maximum Gasteiger partial charge on any atom is 0.344 e. The fraction of sp³-hybridized carbons (Fsp3) is 0.368. The molecule has 28 heavy (non-hydrogen) atoms. The van der Waals surface area contributed by atoms with Crippen molar-refractivity contribution < 1.29 is 19.1 Å². The summed E-state index contributed by atoms with van der Waals surface area (Å²) in [7, 11) is 0. The van der Waals surface area contributed by atoms with Gasteiger partial charge >= 0.3 is 11.7 Å². The van der Waals surface area contributed by atoms with Crippen molar-refractivity contribution in [3.05, 3.63) is 55.7 Å². The first kappa shape index (κ1) is 20.9. The number of nitrogens with one attached hydrogen (secondary N) is 1. The number of ketones is 1. The summed E-state index contributed by atoms with van der Waals surface area (Å²) >= 11 is 0. The zero-order chi connectivity index (χ0) is 20.8. The van der Waals surface area contributed by atoms with E-state index in [1.807, 2.05) is 31.8 Å². The molecular formula is C19H23N3O6. The van der Waals surface area contributed by atoms with Crippen molar-refractivity contribution in [1.29, 1.82) is 0 Å². The number of nitrogens with two attached hydrogens (primary N) is 1. The molecule has 0 bridgehead atoms. The highest BCUT2D eigenvalue weighted by atomic mass is 16.6. The molecule has 2 rings (SSSR count). The molecule has 1 heterocycles. The second kappa shape index (κ2) is 9.03. The van der Waals surface area contributed by atoms with Crippen LogP contribution in [0.25, 0.3) is 0 Å². The normalized spacial score (nSPS) is 10.5. The zero-order valence-electron chi connectivity index (χ0n) is 16.0. The molecule has 0 aliphatic carbocycles. The molecular weight excluding hydrogens is 366 g/mol. The van der Waals surface area contributed by atoms with E-state index in [1.54, 1.807) is 12.1 Å². The van der Waals surface area contributed by atoms with E-state index < -0.39 is 41.8 Å². The van der Waals surface area contributed by atoms with Gasteiger partial charge in [0.1, 0.15) is 17.1 Å². The first-order valence-electron chi connectivity index (χ1n) is 8.76. The fourth-order valence-electron chi connectivity index (χ4n) is 2.58. The largest absolute Gasteiger partial charge is 0.482 e. The van der Waals surface area contributed by atoms with Crippen molar-refractivity contribution in [3.63, 3.8) is 0 Å². The maximum absolute atomic E-state index is 12.3. The number of aryl methyl sites for hydroxylation is 1. The average Bonchev–Trinajstić information content (AvgIpc) is 2.64. The van der Waals surface area contributed by atoms with Gasteiger partial charge in [0.25, 0.3) is 5.56 Å². The van der Waals surface area contributed by atoms with E-state index >= 15 is 0 Å². The molecule has 0 saturated heterocycles. The Kier molecular flexibility index (Phi) is 6.75. The first-order valence-corrected chi connectivity index (χ1v) is 8.76. The highest BCUT2D eigenvalue weighted by Gasteiger charge is 2.20. The summed E-state index contributed by atoms with van der Waals surface area (Å²) in [6.45, 7) is 4.76. The van der Waals surface area contributed by atoms with E-state index in [2.05, 4.69) is 0 Å². The molecule has 150 valence electrons. The van der Waals surface area contributed by atoms with E-state index in [0.29, 0.717) is 12.2 Å². The van der Waals surface area contributed by atoms with Gasteiger partial charge < -0.3 is 15.2 Å². The third kappa shape index (κ3) is 4.67. The molecule has 1 aromatic heterocycles. The Hall–Kier alpha value is -3.36. The van der Waals surface area contributed by atoms with Gasteiger partial charge in [0.15, 0.2) is 13.2 Å². The molecule has 2 aromatic rings. The number of aromatic amines is 1. The van der Waals surface area contributed by atoms with E-state index in [4.69, 9.17) is 15.2 Å². The number of anilines is 1. The van der Waals surface area contributed by atoms with Crippen LogP contribution >= 0.6 is 0 Å². The number of rotatable bonds is 8. The lowest BCUT2D eigenvalue weighted by molar-refractivity contribution is -0.144. The van der Waals surface area contributed by atoms with Crippen LogP contribution in [0.2, 0.25) is 0 Å². The van der Waals surface area contributed by atoms with Crippen LogP contribution in [0.3, 0.4) is 0 Å². The monoisotopic (exact) mass is 389 g/mol. The highest BCUT2D eigenvalue weighted by molar-refractivity contribution is 6.01. The number of Topliss-reactive ketones (excluding diaryl/α,β-unsaturated/α-hetero) is 1. The van der Waals surface area contributed by atoms with Crippen LogP contribution in [-0.2, 0) is 16.1 Å². The SMILES string of the molecule is CCCn1c(N)c(C(=O)COC(=O)COc2cccc(C)c2C)c(=O)[nH]c1=O. The smallest absolute Gasteiger partial charge is 0.344 e. The Morgan fingerprint density at radius 2 is 1.89 bits per heavy atom. The number of esters is 1. The van der Waals surface area contributed by atoms with Gasteiger partial charge in [-0.05, 0) is 37.5 Å². The third-order valence-electron chi connectivity index (χ3n) is 4.23. The summed E-state index contributed by atoms with van der Waals surface area (Å²) in [5.74, 6) is -1.28. The molecule has 0 atom stereocenters. The van der Waals surface area contributed by atoms with Crippen LogP contribution in [0, 0.1) is 13.8 Å². The summed E-state index contributed by atoms with van der Waals surface area (Å²) in [6, 6.07) is 5.43. The standard InChI is InChI=1S/C19H23N3O6/c1-4-8-22-17(20)16(18(25)21-19(22)26)13(23)9-28-15(24)10-27-14-7-5-6-11(2)12(14)3/h5-7H,4,8-10,20H2,1-3H3,(H,21,25,26). The summed E-state index contributed by atoms with van der Waals surface area (Å²) in [5, 5.41) is 0. The zero-order valence-corrected chi connectivity index (χ0v) is 16.0. The van der Waals surface area contributed by atoms with Crippen LogP contribution in [0.4, 0.5) is 5.82 Å². The number of H-pyrrole nitrogens is 1. The van der Waals surface area contributed by atoms with Gasteiger partial charge in [-0.15, -0.1) is 0 Å². The second-order valence-corrected chi connectivity index (χ2v) is 6.24. The summed E-state index contributed by atoms with van der Waals surface area (Å²) < 4.78 is 11.4. The van der Waals surface area contributed by atoms with Crippen LogP contribution < -0.4 is 21.7 Å². The summed E-state index contributed by atoms with van der Waals surface area (Å²) in [4.78, 5) is 49.9. The maximum atomic E-state index is 12.3. The number of hydrogen-bond acceptors (Lipinski definition) is 7. The molecule has 1 aromatic carbocycles. The lowest BCUT2D eigenvalue weighted by Crippen LogP contribution is -2.37. The summed E-state index contributed by atoms with van der Waals surface area (Å²) in [6.07, 6.45) is 0.578. The van der Waals surface area contributed by atoms with Crippen LogP contribution in [0.1, 0.15) is 34.8 Å². The van der Waals surface area contributed by atoms with Gasteiger partial charge in [0.05, 0.1) is 0 Å². The van der Waals surface area contributed by atoms with Crippen molar-refractivity contribution in [2.75, 3.05) is 18.9 Å². The van der Waals surface area contributed by atoms with Gasteiger partial charge in [0, 0.05) is 6.54 Å². The number of benzene rings is 1. The van der Waals surface area contributed by atoms with E-state index in [0.717, 1.165) is 15.7 Å². The average molecular weight is 389 g/mol. The van der Waals surface area contributed by atoms with Gasteiger partial charge in [-0.1, -0.05) is 19.1 Å². The first-order chi connectivity index (χ1) is 13.3. The molecule has 0 unspecified atom stereocenters. The molecule has 0 spiro atoms. The Labute approximate surface area is 161 Å². The second-order valence-electron chi connectivity index (χ2n) is 6.24. The van der Waals surface area contributed by atoms with Crippen molar-refractivity contribution in [3.8, 4) is 5.75 Å². The molecule has 0 aliphatic rings. The summed E-state index contributed by atoms with van der Waals surface area (Å²) in [5.41, 5.74) is 5.69. The Balaban J connectivity index is 2.03. The fourth-order valence-corrected chi connectivity index (χ4v) is 2.58. The number of ether oxygens (including phenoxy) is 2. The van der Waals surface area contributed by atoms with E-state index in [9.17, 15) is 19.2 Å². The van der Waals surface area contributed by atoms with Crippen molar-refractivity contribution in [2.45, 2.75) is 33.7 Å². The van der Waals surface area contributed by atoms with Crippen LogP contribution in [0.15, 0.2) is 27.8 Å². The van der Waals surface area contributed by atoms with Crippen LogP contribution in [0.5, 0.6) is 5.75 Å². The molecule has 0 saturated carbocycles. The topological polar surface area (TPSA) is 133 Å². The van der Waals surface area contributed by atoms with Gasteiger partial charge in [-0.3, -0.25) is 19.1 Å². The predicted octanol–water partition coefficient (Wildman–Crippen LogP) is 0.951. The number of nitrogen functional groups attached to an aromatic ring is 1. The third-order valence-corrected chi connectivity index (χ3v) is 4.23. The lowest BCUT2D eigenvalue weighted by atomic mass is 10.1. The van der Waals surface area contributed by atoms with Crippen molar-refractivity contribution in [1.82, 2.24) is 9.55 Å². The lowest BCUT2D eigenvalue weighted by Gasteiger charge is -2.12. The predicted molar refractivity (Wildman–Crippen MR) is 103 cm³/mol. The molecule has 0 aliphatic heterocycles. The van der Waals surface area contributed by atoms with E-state index in [-0.39, 0.29) is 12.4 Å². The van der Waals surface area contributed by atoms with Crippen molar-refractivity contribution in [2.24, 2.45) is 0 Å². The molecule has 9 nitrogen and oxygen atoms in total. The van der Waals surface area contributed by atoms with Gasteiger partial charge in [0.2, 0.25) is 5.78 Å². The number of carbonyl (C=O) groups is 2. The van der Waals surface area contributed by atoms with E-state index in [1.165, 1.54) is 0 Å². The highest BCUT2D eigenvalue weighted by Crippen LogP contribution is 2.20. The quantitative estimate of drug-likeness (QED) is 0.507. The Bertz CT molecular complexity index is 1010. The number of carbonyl (C=O) groups excluding carboxylic acids is 2. The number of nitrogens with zero attached hydrogens (tertiary/aromatic N) is 1. The van der Waals surface area contributed by atoms with Gasteiger partial charge in [-0.25, -0.2) is 9.59 Å². The minimum atomic E-state index is -0.914. The van der Waals surface area contributed by atoms with Crippen molar-refractivity contribution >= 4 is 17.6 Å². The molecule has 3 N–H and O–H groups in total. The molecule has 0 radical (unpaired) electrons. The minimum Gasteiger partial charge on any atom is -0.482 e.